The van der Waals surface area contributed by atoms with Crippen molar-refractivity contribution in [2.45, 2.75) is 33.7 Å². The van der Waals surface area contributed by atoms with Crippen molar-refractivity contribution in [2.24, 2.45) is 0 Å². The van der Waals surface area contributed by atoms with E-state index < -0.39 is 0 Å². The number of ketones is 1. The summed E-state index contributed by atoms with van der Waals surface area (Å²) in [5, 5.41) is 0. The Morgan fingerprint density at radius 3 is 2.40 bits per heavy atom. The highest BCUT2D eigenvalue weighted by molar-refractivity contribution is 5.99. The molecule has 0 spiro atoms. The highest BCUT2D eigenvalue weighted by atomic mass is 16.1. The number of carbonyl (C=O) groups is 1. The molecule has 0 saturated heterocycles. The minimum atomic E-state index is 0.218. The van der Waals surface area contributed by atoms with Crippen LogP contribution in [0.1, 0.15) is 35.3 Å². The van der Waals surface area contributed by atoms with Crippen LogP contribution in [0.5, 0.6) is 0 Å². The van der Waals surface area contributed by atoms with E-state index in [1.54, 1.807) is 0 Å². The van der Waals surface area contributed by atoms with Gasteiger partial charge in [-0.2, -0.15) is 0 Å². The molecule has 1 atom stereocenters. The first-order chi connectivity index (χ1) is 9.35. The second-order valence-electron chi connectivity index (χ2n) is 5.92. The molecule has 112 valence electrons. The van der Waals surface area contributed by atoms with Crippen molar-refractivity contribution in [1.29, 1.82) is 0 Å². The van der Waals surface area contributed by atoms with Gasteiger partial charge in [-0.05, 0) is 47.0 Å². The maximum absolute atomic E-state index is 12.5. The van der Waals surface area contributed by atoms with Gasteiger partial charge < -0.3 is 4.90 Å². The number of aryl methyl sites for hydroxylation is 2. The molecule has 0 radical (unpaired) electrons. The molecule has 20 heavy (non-hydrogen) atoms. The Bertz CT molecular complexity index is 454. The van der Waals surface area contributed by atoms with Crippen LogP contribution in [0, 0.1) is 13.8 Å². The summed E-state index contributed by atoms with van der Waals surface area (Å²) in [6.45, 7) is 10.7. The molecule has 1 unspecified atom stereocenters. The van der Waals surface area contributed by atoms with Crippen LogP contribution in [0.15, 0.2) is 18.2 Å². The monoisotopic (exact) mass is 276 g/mol. The predicted molar refractivity (Wildman–Crippen MR) is 85.5 cm³/mol. The van der Waals surface area contributed by atoms with Crippen LogP contribution >= 0.6 is 0 Å². The molecule has 3 heteroatoms. The van der Waals surface area contributed by atoms with E-state index in [9.17, 15) is 4.79 Å². The second-order valence-corrected chi connectivity index (χ2v) is 5.92. The van der Waals surface area contributed by atoms with E-state index in [0.29, 0.717) is 12.6 Å². The Kier molecular flexibility index (Phi) is 6.37. The number of benzene rings is 1. The summed E-state index contributed by atoms with van der Waals surface area (Å²) in [6.07, 6.45) is 0. The van der Waals surface area contributed by atoms with Crippen molar-refractivity contribution in [1.82, 2.24) is 9.80 Å². The third kappa shape index (κ3) is 4.73. The lowest BCUT2D eigenvalue weighted by Gasteiger charge is -2.29. The zero-order valence-corrected chi connectivity index (χ0v) is 13.7. The van der Waals surface area contributed by atoms with Crippen LogP contribution in [-0.4, -0.2) is 55.4 Å². The molecule has 0 amide bonds. The van der Waals surface area contributed by atoms with Crippen molar-refractivity contribution in [3.8, 4) is 0 Å². The van der Waals surface area contributed by atoms with E-state index in [4.69, 9.17) is 0 Å². The molecule has 0 heterocycles. The third-order valence-corrected chi connectivity index (χ3v) is 3.69. The molecule has 1 aromatic rings. The van der Waals surface area contributed by atoms with Gasteiger partial charge in [-0.3, -0.25) is 9.69 Å². The molecule has 0 aliphatic carbocycles. The number of nitrogens with zero attached hydrogens (tertiary/aromatic N) is 2. The van der Waals surface area contributed by atoms with E-state index in [2.05, 4.69) is 50.7 Å². The van der Waals surface area contributed by atoms with Crippen molar-refractivity contribution in [3.05, 3.63) is 34.9 Å². The fourth-order valence-electron chi connectivity index (χ4n) is 2.62. The average Bonchev–Trinajstić information content (AvgIpc) is 2.34. The van der Waals surface area contributed by atoms with E-state index in [1.165, 1.54) is 5.56 Å². The number of Topliss-reactive ketones (excluding diaryl/α,β-unsaturated/α-hetero) is 1. The topological polar surface area (TPSA) is 23.6 Å². The quantitative estimate of drug-likeness (QED) is 0.716. The molecule has 0 saturated carbocycles. The highest BCUT2D eigenvalue weighted by Crippen LogP contribution is 2.13. The molecular formula is C17H28N2O. The van der Waals surface area contributed by atoms with Gasteiger partial charge >= 0.3 is 0 Å². The lowest BCUT2D eigenvalue weighted by Crippen LogP contribution is -2.42. The SMILES string of the molecule is CCN(CC(=O)c1ccc(C)cc1C)C(C)CN(C)C. The van der Waals surface area contributed by atoms with E-state index in [-0.39, 0.29) is 5.78 Å². The number of rotatable bonds is 7. The highest BCUT2D eigenvalue weighted by Gasteiger charge is 2.18. The van der Waals surface area contributed by atoms with Gasteiger partial charge in [-0.1, -0.05) is 30.7 Å². The number of hydrogen-bond donors (Lipinski definition) is 0. The van der Waals surface area contributed by atoms with Gasteiger partial charge in [-0.25, -0.2) is 0 Å². The average molecular weight is 276 g/mol. The normalized spacial score (nSPS) is 13.0. The summed E-state index contributed by atoms with van der Waals surface area (Å²) >= 11 is 0. The maximum Gasteiger partial charge on any atom is 0.177 e. The van der Waals surface area contributed by atoms with Gasteiger partial charge in [0.2, 0.25) is 0 Å². The largest absolute Gasteiger partial charge is 0.308 e. The zero-order valence-electron chi connectivity index (χ0n) is 13.7. The number of likely N-dealkylation sites (N-methyl/N-ethyl adjacent to an activating group) is 2. The Morgan fingerprint density at radius 1 is 1.25 bits per heavy atom. The van der Waals surface area contributed by atoms with Crippen LogP contribution in [-0.2, 0) is 0 Å². The summed E-state index contributed by atoms with van der Waals surface area (Å²) in [5.41, 5.74) is 3.13. The molecule has 0 aliphatic heterocycles. The van der Waals surface area contributed by atoms with Gasteiger partial charge in [0.05, 0.1) is 6.54 Å². The minimum Gasteiger partial charge on any atom is -0.308 e. The number of carbonyl (C=O) groups excluding carboxylic acids is 1. The summed E-state index contributed by atoms with van der Waals surface area (Å²) in [7, 11) is 4.13. The van der Waals surface area contributed by atoms with E-state index in [1.807, 2.05) is 19.1 Å². The van der Waals surface area contributed by atoms with Crippen LogP contribution in [0.25, 0.3) is 0 Å². The zero-order chi connectivity index (χ0) is 15.3. The molecular weight excluding hydrogens is 248 g/mol. The van der Waals surface area contributed by atoms with Crippen LogP contribution < -0.4 is 0 Å². The summed E-state index contributed by atoms with van der Waals surface area (Å²) < 4.78 is 0. The molecule has 3 nitrogen and oxygen atoms in total. The predicted octanol–water partition coefficient (Wildman–Crippen LogP) is 2.76. The summed E-state index contributed by atoms with van der Waals surface area (Å²) in [6, 6.07) is 6.42. The Morgan fingerprint density at radius 2 is 1.90 bits per heavy atom. The van der Waals surface area contributed by atoms with Crippen LogP contribution in [0.3, 0.4) is 0 Å². The molecule has 0 N–H and O–H groups in total. The van der Waals surface area contributed by atoms with E-state index in [0.717, 1.165) is 24.2 Å². The molecule has 1 aromatic carbocycles. The van der Waals surface area contributed by atoms with Crippen LogP contribution in [0.4, 0.5) is 0 Å². The standard InChI is InChI=1S/C17H28N2O/c1-7-19(15(4)11-18(5)6)12-17(20)16-9-8-13(2)10-14(16)3/h8-10,15H,7,11-12H2,1-6H3. The van der Waals surface area contributed by atoms with Crippen LogP contribution in [0.2, 0.25) is 0 Å². The third-order valence-electron chi connectivity index (χ3n) is 3.69. The molecule has 0 fully saturated rings. The van der Waals surface area contributed by atoms with Gasteiger partial charge in [0.25, 0.3) is 0 Å². The lowest BCUT2D eigenvalue weighted by atomic mass is 10.0. The maximum atomic E-state index is 12.5. The first-order valence-corrected chi connectivity index (χ1v) is 7.34. The van der Waals surface area contributed by atoms with Crippen molar-refractivity contribution in [3.63, 3.8) is 0 Å². The molecule has 0 aliphatic rings. The molecule has 1 rings (SSSR count). The second kappa shape index (κ2) is 7.55. The van der Waals surface area contributed by atoms with Gasteiger partial charge in [0, 0.05) is 18.2 Å². The van der Waals surface area contributed by atoms with Crippen molar-refractivity contribution >= 4 is 5.78 Å². The first kappa shape index (κ1) is 16.9. The summed E-state index contributed by atoms with van der Waals surface area (Å²) in [5.74, 6) is 0.218. The smallest absolute Gasteiger partial charge is 0.177 e. The molecule has 0 aromatic heterocycles. The Balaban J connectivity index is 2.76. The Labute approximate surface area is 123 Å². The summed E-state index contributed by atoms with van der Waals surface area (Å²) in [4.78, 5) is 16.9. The minimum absolute atomic E-state index is 0.218. The van der Waals surface area contributed by atoms with E-state index >= 15 is 0 Å². The molecule has 0 bridgehead atoms. The number of hydrogen-bond acceptors (Lipinski definition) is 3. The fraction of sp³-hybridized carbons (Fsp3) is 0.588. The lowest BCUT2D eigenvalue weighted by molar-refractivity contribution is 0.0888. The first-order valence-electron chi connectivity index (χ1n) is 7.34. The van der Waals surface area contributed by atoms with Gasteiger partial charge in [0.1, 0.15) is 0 Å². The fourth-order valence-corrected chi connectivity index (χ4v) is 2.62. The van der Waals surface area contributed by atoms with Gasteiger partial charge in [0.15, 0.2) is 5.78 Å². The van der Waals surface area contributed by atoms with Crippen molar-refractivity contribution < 1.29 is 4.79 Å². The van der Waals surface area contributed by atoms with Crippen molar-refractivity contribution in [2.75, 3.05) is 33.7 Å². The van der Waals surface area contributed by atoms with Gasteiger partial charge in [-0.15, -0.1) is 0 Å². The Hall–Kier alpha value is -1.19.